The van der Waals surface area contributed by atoms with Gasteiger partial charge < -0.3 is 10.2 Å². The molecule has 3 aromatic carbocycles. The van der Waals surface area contributed by atoms with Crippen molar-refractivity contribution in [1.29, 1.82) is 0 Å². The lowest BCUT2D eigenvalue weighted by atomic mass is 10.1. The van der Waals surface area contributed by atoms with E-state index in [9.17, 15) is 18.0 Å². The van der Waals surface area contributed by atoms with E-state index in [1.807, 2.05) is 37.3 Å². The van der Waals surface area contributed by atoms with Gasteiger partial charge >= 0.3 is 0 Å². The van der Waals surface area contributed by atoms with E-state index in [-0.39, 0.29) is 33.1 Å². The average molecular weight is 563 g/mol. The summed E-state index contributed by atoms with van der Waals surface area (Å²) in [7, 11) is -4.18. The summed E-state index contributed by atoms with van der Waals surface area (Å²) in [5.74, 6) is -0.881. The number of nitrogens with zero attached hydrogens (tertiary/aromatic N) is 2. The summed E-state index contributed by atoms with van der Waals surface area (Å²) >= 11 is 12.4. The summed E-state index contributed by atoms with van der Waals surface area (Å²) in [5, 5.41) is 3.25. The molecule has 0 radical (unpaired) electrons. The molecule has 196 valence electrons. The molecule has 10 heteroatoms. The maximum absolute atomic E-state index is 13.8. The number of hydrogen-bond acceptors (Lipinski definition) is 4. The molecule has 3 rings (SSSR count). The molecule has 0 aliphatic heterocycles. The van der Waals surface area contributed by atoms with E-state index in [0.717, 1.165) is 16.3 Å². The molecule has 0 aliphatic carbocycles. The first-order valence-corrected chi connectivity index (χ1v) is 14.0. The Bertz CT molecular complexity index is 1300. The van der Waals surface area contributed by atoms with Crippen LogP contribution in [0, 0.1) is 0 Å². The van der Waals surface area contributed by atoms with Gasteiger partial charge in [0.15, 0.2) is 0 Å². The van der Waals surface area contributed by atoms with Crippen molar-refractivity contribution in [2.75, 3.05) is 17.4 Å². The highest BCUT2D eigenvalue weighted by Crippen LogP contribution is 2.30. The monoisotopic (exact) mass is 561 g/mol. The third kappa shape index (κ3) is 7.47. The lowest BCUT2D eigenvalue weighted by Gasteiger charge is -2.32. The maximum atomic E-state index is 13.8. The number of amides is 2. The molecule has 0 saturated heterocycles. The second kappa shape index (κ2) is 12.9. The van der Waals surface area contributed by atoms with Gasteiger partial charge in [0.1, 0.15) is 12.6 Å². The average Bonchev–Trinajstić information content (AvgIpc) is 2.88. The molecule has 0 saturated carbocycles. The Hall–Kier alpha value is -3.07. The van der Waals surface area contributed by atoms with E-state index < -0.39 is 28.5 Å². The number of sulfonamides is 1. The van der Waals surface area contributed by atoms with E-state index in [4.69, 9.17) is 23.2 Å². The first-order valence-electron chi connectivity index (χ1n) is 11.8. The summed E-state index contributed by atoms with van der Waals surface area (Å²) < 4.78 is 28.4. The molecule has 0 bridgehead atoms. The second-order valence-corrected chi connectivity index (χ2v) is 11.2. The van der Waals surface area contributed by atoms with Crippen LogP contribution < -0.4 is 9.62 Å². The summed E-state index contributed by atoms with van der Waals surface area (Å²) in [6.45, 7) is 3.58. The van der Waals surface area contributed by atoms with Crippen LogP contribution in [0.2, 0.25) is 10.0 Å². The summed E-state index contributed by atoms with van der Waals surface area (Å²) in [5.41, 5.74) is 0.937. The smallest absolute Gasteiger partial charge is 0.264 e. The Kier molecular flexibility index (Phi) is 9.97. The Balaban J connectivity index is 2.03. The number of anilines is 1. The predicted octanol–water partition coefficient (Wildman–Crippen LogP) is 5.13. The lowest BCUT2D eigenvalue weighted by molar-refractivity contribution is -0.139. The molecule has 3 aromatic rings. The predicted molar refractivity (Wildman–Crippen MR) is 147 cm³/mol. The molecule has 37 heavy (non-hydrogen) atoms. The Labute approximate surface area is 228 Å². The minimum absolute atomic E-state index is 0.00208. The number of nitrogens with one attached hydrogen (secondary N) is 1. The summed E-state index contributed by atoms with van der Waals surface area (Å²) in [4.78, 5) is 28.0. The van der Waals surface area contributed by atoms with Gasteiger partial charge in [0.05, 0.1) is 10.6 Å². The molecule has 0 aliphatic rings. The molecular formula is C27H29Cl2N3O4S. The molecule has 1 N–H and O–H groups in total. The van der Waals surface area contributed by atoms with Crippen LogP contribution >= 0.6 is 23.2 Å². The Morgan fingerprint density at radius 1 is 0.919 bits per heavy atom. The van der Waals surface area contributed by atoms with E-state index in [1.54, 1.807) is 25.1 Å². The van der Waals surface area contributed by atoms with Crippen LogP contribution in [0.3, 0.4) is 0 Å². The van der Waals surface area contributed by atoms with Crippen molar-refractivity contribution >= 4 is 50.7 Å². The number of benzene rings is 3. The van der Waals surface area contributed by atoms with Crippen molar-refractivity contribution in [2.24, 2.45) is 0 Å². The molecule has 7 nitrogen and oxygen atoms in total. The molecule has 0 spiro atoms. The lowest BCUT2D eigenvalue weighted by Crippen LogP contribution is -2.51. The van der Waals surface area contributed by atoms with Crippen molar-refractivity contribution in [3.8, 4) is 0 Å². The van der Waals surface area contributed by atoms with Crippen LogP contribution in [-0.2, 0) is 26.2 Å². The second-order valence-electron chi connectivity index (χ2n) is 8.43. The summed E-state index contributed by atoms with van der Waals surface area (Å²) in [6, 6.07) is 20.5. The highest BCUT2D eigenvalue weighted by Gasteiger charge is 2.32. The van der Waals surface area contributed by atoms with Crippen molar-refractivity contribution in [1.82, 2.24) is 10.2 Å². The zero-order valence-electron chi connectivity index (χ0n) is 20.6. The minimum Gasteiger partial charge on any atom is -0.354 e. The van der Waals surface area contributed by atoms with Crippen LogP contribution in [0.5, 0.6) is 0 Å². The molecule has 1 atom stereocenters. The topological polar surface area (TPSA) is 86.8 Å². The van der Waals surface area contributed by atoms with Gasteiger partial charge in [0.25, 0.3) is 10.0 Å². The van der Waals surface area contributed by atoms with Crippen molar-refractivity contribution in [3.05, 3.63) is 94.5 Å². The molecule has 0 unspecified atom stereocenters. The van der Waals surface area contributed by atoms with Gasteiger partial charge in [-0.1, -0.05) is 78.7 Å². The SMILES string of the molecule is CCCNC(=O)[C@@H](C)N(Cc1ccccc1)C(=O)CN(c1cc(Cl)cc(Cl)c1)S(=O)(=O)c1ccccc1. The fourth-order valence-electron chi connectivity index (χ4n) is 3.69. The minimum atomic E-state index is -4.18. The van der Waals surface area contributed by atoms with Crippen LogP contribution in [0.1, 0.15) is 25.8 Å². The number of halogens is 2. The van der Waals surface area contributed by atoms with Crippen LogP contribution in [0.25, 0.3) is 0 Å². The van der Waals surface area contributed by atoms with Crippen molar-refractivity contribution in [3.63, 3.8) is 0 Å². The standard InChI is InChI=1S/C27H29Cl2N3O4S/c1-3-14-30-27(34)20(2)31(18-21-10-6-4-7-11-21)26(33)19-32(24-16-22(28)15-23(29)17-24)37(35,36)25-12-8-5-9-13-25/h4-13,15-17,20H,3,14,18-19H2,1-2H3,(H,30,34)/t20-/m1/s1. The first kappa shape index (κ1) is 28.5. The molecule has 0 fully saturated rings. The molecule has 0 heterocycles. The van der Waals surface area contributed by atoms with Gasteiger partial charge in [-0.3, -0.25) is 13.9 Å². The maximum Gasteiger partial charge on any atom is 0.264 e. The molecule has 2 amide bonds. The van der Waals surface area contributed by atoms with Crippen LogP contribution in [-0.4, -0.2) is 44.3 Å². The Morgan fingerprint density at radius 2 is 1.49 bits per heavy atom. The third-order valence-electron chi connectivity index (χ3n) is 5.66. The van der Waals surface area contributed by atoms with E-state index >= 15 is 0 Å². The van der Waals surface area contributed by atoms with Crippen LogP contribution in [0.4, 0.5) is 5.69 Å². The highest BCUT2D eigenvalue weighted by molar-refractivity contribution is 7.92. The highest BCUT2D eigenvalue weighted by atomic mass is 35.5. The first-order chi connectivity index (χ1) is 17.6. The van der Waals surface area contributed by atoms with Gasteiger partial charge in [-0.05, 0) is 49.2 Å². The van der Waals surface area contributed by atoms with Crippen molar-refractivity contribution < 1.29 is 18.0 Å². The van der Waals surface area contributed by atoms with Crippen molar-refractivity contribution in [2.45, 2.75) is 37.8 Å². The largest absolute Gasteiger partial charge is 0.354 e. The molecular weight excluding hydrogens is 533 g/mol. The van der Waals surface area contributed by atoms with Gasteiger partial charge in [-0.2, -0.15) is 0 Å². The van der Waals surface area contributed by atoms with Gasteiger partial charge in [0, 0.05) is 23.1 Å². The Morgan fingerprint density at radius 3 is 2.05 bits per heavy atom. The third-order valence-corrected chi connectivity index (χ3v) is 7.88. The number of rotatable bonds is 11. The summed E-state index contributed by atoms with van der Waals surface area (Å²) in [6.07, 6.45) is 0.740. The normalized spacial score (nSPS) is 12.0. The van der Waals surface area contributed by atoms with Gasteiger partial charge in [0.2, 0.25) is 11.8 Å². The number of hydrogen-bond donors (Lipinski definition) is 1. The molecule has 0 aromatic heterocycles. The number of carbonyl (C=O) groups excluding carboxylic acids is 2. The fraction of sp³-hybridized carbons (Fsp3) is 0.259. The van der Waals surface area contributed by atoms with Gasteiger partial charge in [-0.25, -0.2) is 8.42 Å². The van der Waals surface area contributed by atoms with E-state index in [0.29, 0.717) is 6.54 Å². The fourth-order valence-corrected chi connectivity index (χ4v) is 5.62. The number of carbonyl (C=O) groups is 2. The quantitative estimate of drug-likeness (QED) is 0.351. The van der Waals surface area contributed by atoms with E-state index in [1.165, 1.54) is 35.2 Å². The zero-order chi connectivity index (χ0) is 27.0. The van der Waals surface area contributed by atoms with Gasteiger partial charge in [-0.15, -0.1) is 0 Å². The van der Waals surface area contributed by atoms with E-state index in [2.05, 4.69) is 5.32 Å². The van der Waals surface area contributed by atoms with Crippen LogP contribution in [0.15, 0.2) is 83.8 Å². The zero-order valence-corrected chi connectivity index (χ0v) is 22.9.